The molecule has 27 heavy (non-hydrogen) atoms. The van der Waals surface area contributed by atoms with Crippen molar-refractivity contribution in [2.45, 2.75) is 0 Å². The second kappa shape index (κ2) is 9.80. The summed E-state index contributed by atoms with van der Waals surface area (Å²) in [6, 6.07) is 10.6. The van der Waals surface area contributed by atoms with Crippen molar-refractivity contribution < 1.29 is 14.4 Å². The van der Waals surface area contributed by atoms with E-state index in [9.17, 15) is 14.4 Å². The van der Waals surface area contributed by atoms with Gasteiger partial charge in [-0.3, -0.25) is 9.59 Å². The van der Waals surface area contributed by atoms with E-state index >= 15 is 0 Å². The van der Waals surface area contributed by atoms with Crippen molar-refractivity contribution in [2.75, 3.05) is 25.5 Å². The second-order valence-electron chi connectivity index (χ2n) is 5.42. The molecule has 4 N–H and O–H groups in total. The summed E-state index contributed by atoms with van der Waals surface area (Å²) in [5, 5.41) is 11.1. The molecule has 0 aromatic heterocycles. The van der Waals surface area contributed by atoms with Crippen molar-refractivity contribution in [3.05, 3.63) is 63.6 Å². The predicted molar refractivity (Wildman–Crippen MR) is 106 cm³/mol. The Balaban J connectivity index is 1.73. The normalized spacial score (nSPS) is 10.0. The second-order valence-corrected chi connectivity index (χ2v) is 6.24. The van der Waals surface area contributed by atoms with Gasteiger partial charge in [-0.05, 0) is 42.5 Å². The monoisotopic (exact) mass is 408 g/mol. The molecule has 0 fully saturated rings. The number of hydrogen-bond acceptors (Lipinski definition) is 3. The molecular formula is C18H18Cl2N4O3. The smallest absolute Gasteiger partial charge is 0.319 e. The molecule has 0 unspecified atom stereocenters. The maximum Gasteiger partial charge on any atom is 0.319 e. The lowest BCUT2D eigenvalue weighted by Gasteiger charge is -2.09. The van der Waals surface area contributed by atoms with Gasteiger partial charge in [-0.1, -0.05) is 23.2 Å². The van der Waals surface area contributed by atoms with Crippen molar-refractivity contribution in [3.63, 3.8) is 0 Å². The molecule has 0 spiro atoms. The molecule has 0 radical (unpaired) electrons. The Labute approximate surface area is 166 Å². The average molecular weight is 409 g/mol. The van der Waals surface area contributed by atoms with Crippen molar-refractivity contribution in [3.8, 4) is 0 Å². The molecule has 0 saturated carbocycles. The van der Waals surface area contributed by atoms with Gasteiger partial charge in [-0.15, -0.1) is 0 Å². The number of benzene rings is 2. The van der Waals surface area contributed by atoms with Gasteiger partial charge in [0.15, 0.2) is 0 Å². The zero-order chi connectivity index (χ0) is 19.8. The van der Waals surface area contributed by atoms with Crippen LogP contribution in [0, 0.1) is 0 Å². The first-order valence-corrected chi connectivity index (χ1v) is 8.76. The van der Waals surface area contributed by atoms with Crippen LogP contribution in [0.2, 0.25) is 10.0 Å². The summed E-state index contributed by atoms with van der Waals surface area (Å²) >= 11 is 11.7. The van der Waals surface area contributed by atoms with Crippen molar-refractivity contribution in [1.29, 1.82) is 0 Å². The minimum Gasteiger partial charge on any atom is -0.355 e. The summed E-state index contributed by atoms with van der Waals surface area (Å²) in [4.78, 5) is 35.3. The molecule has 4 amide bonds. The topological polar surface area (TPSA) is 99.3 Å². The van der Waals surface area contributed by atoms with Crippen LogP contribution >= 0.6 is 23.2 Å². The van der Waals surface area contributed by atoms with Gasteiger partial charge in [0.1, 0.15) is 0 Å². The standard InChI is InChI=1S/C18H18Cl2N4O3/c1-21-16(25)11-2-5-13(6-3-11)24-18(27)23-9-8-22-17(26)12-4-7-14(19)15(20)10-12/h2-7,10H,8-9H2,1H3,(H,21,25)(H,22,26)(H2,23,24,27). The maximum atomic E-state index is 12.0. The summed E-state index contributed by atoms with van der Waals surface area (Å²) in [5.41, 5.74) is 1.42. The largest absolute Gasteiger partial charge is 0.355 e. The number of nitrogens with one attached hydrogen (secondary N) is 4. The number of halogens is 2. The molecule has 0 aliphatic rings. The number of amides is 4. The van der Waals surface area contributed by atoms with E-state index in [0.717, 1.165) is 0 Å². The Morgan fingerprint density at radius 1 is 0.815 bits per heavy atom. The Kier molecular flexibility index (Phi) is 7.45. The van der Waals surface area contributed by atoms with Crippen LogP contribution in [0.5, 0.6) is 0 Å². The lowest BCUT2D eigenvalue weighted by atomic mass is 10.2. The predicted octanol–water partition coefficient (Wildman–Crippen LogP) is 2.90. The van der Waals surface area contributed by atoms with Crippen molar-refractivity contribution >= 4 is 46.7 Å². The minimum atomic E-state index is -0.425. The SMILES string of the molecule is CNC(=O)c1ccc(NC(=O)NCCNC(=O)c2ccc(Cl)c(Cl)c2)cc1. The van der Waals surface area contributed by atoms with Crippen LogP contribution in [-0.2, 0) is 0 Å². The first-order chi connectivity index (χ1) is 12.9. The molecule has 0 bridgehead atoms. The average Bonchev–Trinajstić information content (AvgIpc) is 2.67. The van der Waals surface area contributed by atoms with E-state index in [1.807, 2.05) is 0 Å². The van der Waals surface area contributed by atoms with Gasteiger partial charge in [-0.25, -0.2) is 4.79 Å². The Bertz CT molecular complexity index is 841. The molecular weight excluding hydrogens is 391 g/mol. The van der Waals surface area contributed by atoms with Gasteiger partial charge < -0.3 is 21.3 Å². The van der Waals surface area contributed by atoms with Gasteiger partial charge in [0.2, 0.25) is 0 Å². The highest BCUT2D eigenvalue weighted by molar-refractivity contribution is 6.42. The molecule has 9 heteroatoms. The maximum absolute atomic E-state index is 12.0. The van der Waals surface area contributed by atoms with E-state index < -0.39 is 6.03 Å². The number of carbonyl (C=O) groups excluding carboxylic acids is 3. The van der Waals surface area contributed by atoms with Gasteiger partial charge in [0.25, 0.3) is 11.8 Å². The lowest BCUT2D eigenvalue weighted by molar-refractivity contribution is 0.0949. The van der Waals surface area contributed by atoms with Crippen LogP contribution < -0.4 is 21.3 Å². The molecule has 2 rings (SSSR count). The number of anilines is 1. The fourth-order valence-corrected chi connectivity index (χ4v) is 2.41. The number of carbonyl (C=O) groups is 3. The summed E-state index contributed by atoms with van der Waals surface area (Å²) in [5.74, 6) is -0.524. The quantitative estimate of drug-likeness (QED) is 0.552. The Hall–Kier alpha value is -2.77. The van der Waals surface area contributed by atoms with Crippen LogP contribution in [0.25, 0.3) is 0 Å². The third-order valence-electron chi connectivity index (χ3n) is 3.51. The minimum absolute atomic E-state index is 0.205. The fourth-order valence-electron chi connectivity index (χ4n) is 2.12. The van der Waals surface area contributed by atoms with Gasteiger partial charge >= 0.3 is 6.03 Å². The summed E-state index contributed by atoms with van der Waals surface area (Å²) < 4.78 is 0. The molecule has 2 aromatic rings. The molecule has 142 valence electrons. The van der Waals surface area contributed by atoms with E-state index in [2.05, 4.69) is 21.3 Å². The lowest BCUT2D eigenvalue weighted by Crippen LogP contribution is -2.36. The zero-order valence-corrected chi connectivity index (χ0v) is 15.9. The number of hydrogen-bond donors (Lipinski definition) is 4. The third-order valence-corrected chi connectivity index (χ3v) is 4.25. The van der Waals surface area contributed by atoms with Gasteiger partial charge in [0, 0.05) is 37.0 Å². The third kappa shape index (κ3) is 6.16. The zero-order valence-electron chi connectivity index (χ0n) is 14.4. The Morgan fingerprint density at radius 3 is 2.07 bits per heavy atom. The van der Waals surface area contributed by atoms with E-state index in [1.165, 1.54) is 6.07 Å². The Morgan fingerprint density at radius 2 is 1.44 bits per heavy atom. The number of urea groups is 1. The van der Waals surface area contributed by atoms with Crippen LogP contribution in [-0.4, -0.2) is 38.0 Å². The van der Waals surface area contributed by atoms with E-state index in [-0.39, 0.29) is 24.9 Å². The highest BCUT2D eigenvalue weighted by Crippen LogP contribution is 2.22. The van der Waals surface area contributed by atoms with Gasteiger partial charge in [0.05, 0.1) is 10.0 Å². The summed E-state index contributed by atoms with van der Waals surface area (Å²) in [7, 11) is 1.54. The molecule has 2 aromatic carbocycles. The number of rotatable bonds is 6. The molecule has 0 heterocycles. The highest BCUT2D eigenvalue weighted by atomic mass is 35.5. The van der Waals surface area contributed by atoms with E-state index in [4.69, 9.17) is 23.2 Å². The molecule has 0 aliphatic carbocycles. The highest BCUT2D eigenvalue weighted by Gasteiger charge is 2.08. The molecule has 0 saturated heterocycles. The van der Waals surface area contributed by atoms with Crippen molar-refractivity contribution in [1.82, 2.24) is 16.0 Å². The molecule has 7 nitrogen and oxygen atoms in total. The van der Waals surface area contributed by atoms with Crippen LogP contribution in [0.1, 0.15) is 20.7 Å². The molecule has 0 aliphatic heterocycles. The first-order valence-electron chi connectivity index (χ1n) is 8.01. The van der Waals surface area contributed by atoms with Crippen LogP contribution in [0.15, 0.2) is 42.5 Å². The van der Waals surface area contributed by atoms with Crippen LogP contribution in [0.3, 0.4) is 0 Å². The first kappa shape index (κ1) is 20.5. The van der Waals surface area contributed by atoms with Crippen molar-refractivity contribution in [2.24, 2.45) is 0 Å². The summed E-state index contributed by atoms with van der Waals surface area (Å²) in [6.07, 6.45) is 0. The van der Waals surface area contributed by atoms with E-state index in [1.54, 1.807) is 43.4 Å². The van der Waals surface area contributed by atoms with E-state index in [0.29, 0.717) is 26.9 Å². The van der Waals surface area contributed by atoms with Gasteiger partial charge in [-0.2, -0.15) is 0 Å². The summed E-state index contributed by atoms with van der Waals surface area (Å²) in [6.45, 7) is 0.470. The fraction of sp³-hybridized carbons (Fsp3) is 0.167. The van der Waals surface area contributed by atoms with Crippen LogP contribution in [0.4, 0.5) is 10.5 Å². The molecule has 0 atom stereocenters.